The molecule has 4 aliphatic rings. The van der Waals surface area contributed by atoms with Crippen molar-refractivity contribution in [2.45, 2.75) is 45.8 Å². The average Bonchev–Trinajstić information content (AvgIpc) is 3.66. The van der Waals surface area contributed by atoms with Gasteiger partial charge in [0.15, 0.2) is 0 Å². The number of rotatable bonds is 11. The number of nitrogens with zero attached hydrogens (tertiary/aromatic N) is 2. The minimum Gasteiger partial charge on any atom is -0.870 e. The smallest absolute Gasteiger partial charge is 0.870 e. The molecule has 2 fully saturated rings. The van der Waals surface area contributed by atoms with Gasteiger partial charge >= 0.3 is 41.5 Å². The molecule has 2 N–H and O–H groups in total. The first kappa shape index (κ1) is 44.6. The molecule has 2 aliphatic carbocycles. The number of carboxylic acids is 1. The number of halogens is 4. The Kier molecular flexibility index (Phi) is 15.1. The number of hydrogen-bond acceptors (Lipinski definition) is 8. The molecule has 8 rings (SSSR count). The van der Waals surface area contributed by atoms with Crippen molar-refractivity contribution < 1.29 is 63.9 Å². The van der Waals surface area contributed by atoms with Gasteiger partial charge in [-0.3, -0.25) is 19.4 Å². The largest absolute Gasteiger partial charge is 1.00 e. The molecule has 0 bridgehead atoms. The summed E-state index contributed by atoms with van der Waals surface area (Å²) in [6.07, 6.45) is 4.06. The van der Waals surface area contributed by atoms with Crippen LogP contribution in [-0.2, 0) is 53.2 Å². The first-order chi connectivity index (χ1) is 25.9. The van der Waals surface area contributed by atoms with E-state index in [0.29, 0.717) is 46.5 Å². The second-order valence-corrected chi connectivity index (χ2v) is 16.7. The summed E-state index contributed by atoms with van der Waals surface area (Å²) in [5, 5.41) is 11.3. The van der Waals surface area contributed by atoms with Crippen LogP contribution in [0.1, 0.15) is 40.3 Å². The van der Waals surface area contributed by atoms with Gasteiger partial charge in [0, 0.05) is 68.2 Å². The van der Waals surface area contributed by atoms with E-state index in [1.807, 2.05) is 48.2 Å². The minimum absolute atomic E-state index is 0. The summed E-state index contributed by atoms with van der Waals surface area (Å²) < 4.78 is 16.9. The Morgan fingerprint density at radius 1 is 0.643 bits per heavy atom. The molecule has 14 heteroatoms. The van der Waals surface area contributed by atoms with Gasteiger partial charge < -0.3 is 24.8 Å². The van der Waals surface area contributed by atoms with Gasteiger partial charge in [0.2, 0.25) is 0 Å². The Balaban J connectivity index is 0.000000207. The number of esters is 1. The SMILES string of the molecule is CCOC(=O)CN1CC2(Cc3ccc(OCc4c(Cl)cccc4Cl)cc3C2)C1.O=C(O)CN1CC2(Cc3ccc(OCc4c(Cl)cccc4Cl)cc3C2)C1.[Na+].[OH-]. The Labute approximate surface area is 369 Å². The van der Waals surface area contributed by atoms with E-state index >= 15 is 0 Å². The van der Waals surface area contributed by atoms with Gasteiger partial charge in [0.25, 0.3) is 0 Å². The number of hydrogen-bond donors (Lipinski definition) is 1. The molecule has 0 unspecified atom stereocenters. The second-order valence-electron chi connectivity index (χ2n) is 15.0. The van der Waals surface area contributed by atoms with Crippen LogP contribution in [0.3, 0.4) is 0 Å². The van der Waals surface area contributed by atoms with Crippen molar-refractivity contribution >= 4 is 58.3 Å². The third kappa shape index (κ3) is 10.4. The van der Waals surface area contributed by atoms with Gasteiger partial charge in [0.1, 0.15) is 24.7 Å². The molecule has 4 aromatic rings. The Hall–Kier alpha value is -2.54. The number of ether oxygens (including phenoxy) is 3. The van der Waals surface area contributed by atoms with Crippen molar-refractivity contribution in [3.63, 3.8) is 0 Å². The number of carbonyl (C=O) groups excluding carboxylic acids is 1. The van der Waals surface area contributed by atoms with Crippen molar-refractivity contribution in [1.29, 1.82) is 0 Å². The van der Waals surface area contributed by atoms with Crippen LogP contribution in [0.15, 0.2) is 72.8 Å². The topological polar surface area (TPSA) is 119 Å². The summed E-state index contributed by atoms with van der Waals surface area (Å²) in [5.41, 5.74) is 7.37. The molecule has 0 aromatic heterocycles. The van der Waals surface area contributed by atoms with Gasteiger partial charge in [-0.1, -0.05) is 70.7 Å². The number of benzene rings is 4. The van der Waals surface area contributed by atoms with E-state index < -0.39 is 5.97 Å². The fourth-order valence-electron chi connectivity index (χ4n) is 8.51. The van der Waals surface area contributed by atoms with Crippen molar-refractivity contribution in [2.24, 2.45) is 10.8 Å². The maximum Gasteiger partial charge on any atom is 1.00 e. The number of carboxylic acid groups (broad SMARTS) is 1. The monoisotopic (exact) mass is 850 g/mol. The zero-order valence-electron chi connectivity index (χ0n) is 31.5. The molecule has 0 radical (unpaired) electrons. The third-order valence-corrected chi connectivity index (χ3v) is 12.2. The normalized spacial score (nSPS) is 16.9. The van der Waals surface area contributed by atoms with Gasteiger partial charge in [0.05, 0.1) is 19.7 Å². The van der Waals surface area contributed by atoms with Crippen LogP contribution in [-0.4, -0.2) is 78.2 Å². The summed E-state index contributed by atoms with van der Waals surface area (Å²) in [6.45, 7) is 7.03. The van der Waals surface area contributed by atoms with Crippen LogP contribution in [0.4, 0.5) is 0 Å². The molecule has 2 spiro atoms. The molecular formula is C42H43Cl4N2NaO7. The Morgan fingerprint density at radius 3 is 1.43 bits per heavy atom. The zero-order chi connectivity index (χ0) is 38.0. The molecule has 2 heterocycles. The van der Waals surface area contributed by atoms with Gasteiger partial charge in [-0.2, -0.15) is 0 Å². The van der Waals surface area contributed by atoms with Crippen LogP contribution in [0.2, 0.25) is 20.1 Å². The predicted octanol–water partition coefficient (Wildman–Crippen LogP) is 5.42. The quantitative estimate of drug-likeness (QED) is 0.156. The number of likely N-dealkylation sites (tertiary alicyclic amines) is 2. The third-order valence-electron chi connectivity index (χ3n) is 10.8. The first-order valence-corrected chi connectivity index (χ1v) is 19.6. The van der Waals surface area contributed by atoms with Crippen LogP contribution in [0.5, 0.6) is 11.5 Å². The standard InChI is InChI=1S/C22H23Cl2NO3.C20H19Cl2NO3.Na.H2O/c1-2-27-21(26)11-25-13-22(14-25)9-15-6-7-17(8-16(15)10-22)28-12-18-19(23)4-3-5-20(18)24;21-17-2-1-3-18(22)16(17)10-26-15-5-4-13-7-20(8-14(13)6-15)11-23(12-20)9-19(24)25;;/h3-8H,2,9-14H2,1H3;1-6H,7-12H2,(H,24,25);;1H2/q;;+1;/p-1. The maximum atomic E-state index is 11.7. The summed E-state index contributed by atoms with van der Waals surface area (Å²) in [7, 11) is 0. The molecule has 292 valence electrons. The Morgan fingerprint density at radius 2 is 1.04 bits per heavy atom. The molecule has 0 atom stereocenters. The van der Waals surface area contributed by atoms with E-state index in [-0.39, 0.29) is 58.4 Å². The zero-order valence-corrected chi connectivity index (χ0v) is 36.5. The molecule has 0 saturated carbocycles. The van der Waals surface area contributed by atoms with Crippen molar-refractivity contribution in [1.82, 2.24) is 9.80 Å². The Bertz CT molecular complexity index is 2020. The van der Waals surface area contributed by atoms with Gasteiger partial charge in [-0.15, -0.1) is 0 Å². The van der Waals surface area contributed by atoms with Gasteiger partial charge in [-0.05, 0) is 103 Å². The molecule has 0 amide bonds. The number of aliphatic carboxylic acids is 1. The van der Waals surface area contributed by atoms with Crippen LogP contribution in [0, 0.1) is 10.8 Å². The number of carbonyl (C=O) groups is 2. The predicted molar refractivity (Wildman–Crippen MR) is 213 cm³/mol. The van der Waals surface area contributed by atoms with Crippen molar-refractivity contribution in [2.75, 3.05) is 45.9 Å². The number of fused-ring (bicyclic) bond motifs is 2. The second kappa shape index (κ2) is 19.0. The average molecular weight is 853 g/mol. The van der Waals surface area contributed by atoms with Crippen molar-refractivity contribution in [3.05, 3.63) is 126 Å². The molecule has 2 saturated heterocycles. The summed E-state index contributed by atoms with van der Waals surface area (Å²) in [4.78, 5) is 26.6. The molecule has 9 nitrogen and oxygen atoms in total. The maximum absolute atomic E-state index is 11.7. The van der Waals surface area contributed by atoms with E-state index in [9.17, 15) is 9.59 Å². The summed E-state index contributed by atoms with van der Waals surface area (Å²) in [6, 6.07) is 23.4. The van der Waals surface area contributed by atoms with E-state index in [1.165, 1.54) is 22.3 Å². The molecule has 2 aliphatic heterocycles. The van der Waals surface area contributed by atoms with Crippen LogP contribution < -0.4 is 39.0 Å². The van der Waals surface area contributed by atoms with E-state index in [2.05, 4.69) is 29.2 Å². The fourth-order valence-corrected chi connectivity index (χ4v) is 9.52. The molecule has 4 aromatic carbocycles. The van der Waals surface area contributed by atoms with E-state index in [1.54, 1.807) is 12.1 Å². The van der Waals surface area contributed by atoms with E-state index in [0.717, 1.165) is 74.5 Å². The minimum atomic E-state index is -0.760. The fraction of sp³-hybridized carbons (Fsp3) is 0.381. The summed E-state index contributed by atoms with van der Waals surface area (Å²) >= 11 is 24.8. The van der Waals surface area contributed by atoms with Crippen LogP contribution >= 0.6 is 46.4 Å². The van der Waals surface area contributed by atoms with Crippen molar-refractivity contribution in [3.8, 4) is 11.5 Å². The van der Waals surface area contributed by atoms with E-state index in [4.69, 9.17) is 65.7 Å². The first-order valence-electron chi connectivity index (χ1n) is 18.1. The summed E-state index contributed by atoms with van der Waals surface area (Å²) in [5.74, 6) is 0.735. The van der Waals surface area contributed by atoms with Crippen LogP contribution in [0.25, 0.3) is 0 Å². The molecular weight excluding hydrogens is 809 g/mol. The van der Waals surface area contributed by atoms with Gasteiger partial charge in [-0.25, -0.2) is 0 Å². The molecule has 56 heavy (non-hydrogen) atoms.